The molecule has 4 N–H and O–H groups in total. The first-order valence-corrected chi connectivity index (χ1v) is 8.19. The molecule has 2 aromatic rings. The van der Waals surface area contributed by atoms with Crippen molar-refractivity contribution in [2.24, 2.45) is 0 Å². The van der Waals surface area contributed by atoms with Gasteiger partial charge in [0.2, 0.25) is 10.3 Å². The van der Waals surface area contributed by atoms with Gasteiger partial charge in [-0.05, 0) is 0 Å². The molecule has 96 valence electrons. The Labute approximate surface area is 119 Å². The van der Waals surface area contributed by atoms with Crippen LogP contribution in [0.1, 0.15) is 0 Å². The van der Waals surface area contributed by atoms with Gasteiger partial charge in [0, 0.05) is 0 Å². The number of carbonyl (C=O) groups excluding carboxylic acids is 1. The molecule has 0 aliphatic rings. The van der Waals surface area contributed by atoms with E-state index >= 15 is 0 Å². The Morgan fingerprint density at radius 2 is 1.39 bits per heavy atom. The van der Waals surface area contributed by atoms with Crippen LogP contribution in [0.3, 0.4) is 0 Å². The first-order valence-electron chi connectivity index (χ1n) is 4.59. The third-order valence-electron chi connectivity index (χ3n) is 1.56. The highest BCUT2D eigenvalue weighted by molar-refractivity contribution is 8.03. The second-order valence-corrected chi connectivity index (χ2v) is 7.39. The molecule has 18 heavy (non-hydrogen) atoms. The van der Waals surface area contributed by atoms with Crippen molar-refractivity contribution in [3.8, 4) is 0 Å². The predicted molar refractivity (Wildman–Crippen MR) is 75.1 cm³/mol. The van der Waals surface area contributed by atoms with Gasteiger partial charge in [0.05, 0.1) is 11.5 Å². The van der Waals surface area contributed by atoms with Gasteiger partial charge in [-0.1, -0.05) is 46.2 Å². The number of nitrogen functional groups attached to an aromatic ring is 2. The molecule has 0 saturated heterocycles. The molecule has 0 bridgehead atoms. The Bertz CT molecular complexity index is 493. The Hall–Kier alpha value is -0.910. The SMILES string of the molecule is Nc1nnc(SCC(=O)CSc2nnc(N)s2)s1. The molecular formula is C7H8N6OS4. The van der Waals surface area contributed by atoms with Crippen LogP contribution in [0.15, 0.2) is 8.68 Å². The molecule has 0 aliphatic carbocycles. The summed E-state index contributed by atoms with van der Waals surface area (Å²) < 4.78 is 1.40. The number of aromatic nitrogens is 4. The van der Waals surface area contributed by atoms with Crippen LogP contribution < -0.4 is 11.5 Å². The topological polar surface area (TPSA) is 121 Å². The van der Waals surface area contributed by atoms with E-state index in [9.17, 15) is 4.79 Å². The number of anilines is 2. The number of hydrogen-bond acceptors (Lipinski definition) is 11. The summed E-state index contributed by atoms with van der Waals surface area (Å²) in [6.45, 7) is 0. The average Bonchev–Trinajstić information content (AvgIpc) is 2.93. The molecule has 0 saturated carbocycles. The third kappa shape index (κ3) is 4.08. The maximum absolute atomic E-state index is 11.6. The Morgan fingerprint density at radius 3 is 1.72 bits per heavy atom. The van der Waals surface area contributed by atoms with Gasteiger partial charge < -0.3 is 11.5 Å². The van der Waals surface area contributed by atoms with Gasteiger partial charge in [0.1, 0.15) is 0 Å². The van der Waals surface area contributed by atoms with E-state index in [1.165, 1.54) is 46.2 Å². The lowest BCUT2D eigenvalue weighted by molar-refractivity contribution is -0.114. The number of carbonyl (C=O) groups is 1. The van der Waals surface area contributed by atoms with E-state index < -0.39 is 0 Å². The molecule has 0 aromatic carbocycles. The third-order valence-corrected chi connectivity index (χ3v) is 5.45. The fourth-order valence-corrected chi connectivity index (χ4v) is 4.00. The summed E-state index contributed by atoms with van der Waals surface area (Å²) in [7, 11) is 0. The van der Waals surface area contributed by atoms with Crippen molar-refractivity contribution in [3.05, 3.63) is 0 Å². The maximum Gasteiger partial charge on any atom is 0.203 e. The van der Waals surface area contributed by atoms with Crippen LogP contribution in [0, 0.1) is 0 Å². The number of thioether (sulfide) groups is 2. The van der Waals surface area contributed by atoms with Gasteiger partial charge in [-0.2, -0.15) is 0 Å². The monoisotopic (exact) mass is 320 g/mol. The first kappa shape index (κ1) is 13.5. The minimum absolute atomic E-state index is 0.0903. The van der Waals surface area contributed by atoms with Crippen LogP contribution in [0.4, 0.5) is 10.3 Å². The van der Waals surface area contributed by atoms with E-state index in [2.05, 4.69) is 20.4 Å². The molecule has 7 nitrogen and oxygen atoms in total. The quantitative estimate of drug-likeness (QED) is 0.751. The van der Waals surface area contributed by atoms with Crippen LogP contribution in [-0.4, -0.2) is 37.7 Å². The number of nitrogens with zero attached hydrogens (tertiary/aromatic N) is 4. The van der Waals surface area contributed by atoms with Crippen LogP contribution in [0.2, 0.25) is 0 Å². The normalized spacial score (nSPS) is 10.7. The highest BCUT2D eigenvalue weighted by Gasteiger charge is 2.09. The van der Waals surface area contributed by atoms with Crippen LogP contribution in [0.5, 0.6) is 0 Å². The van der Waals surface area contributed by atoms with Gasteiger partial charge in [-0.25, -0.2) is 0 Å². The van der Waals surface area contributed by atoms with Gasteiger partial charge >= 0.3 is 0 Å². The molecule has 0 unspecified atom stereocenters. The molecular weight excluding hydrogens is 312 g/mol. The number of rotatable bonds is 6. The highest BCUT2D eigenvalue weighted by Crippen LogP contribution is 2.26. The summed E-state index contributed by atoms with van der Waals surface area (Å²) in [6, 6.07) is 0. The summed E-state index contributed by atoms with van der Waals surface area (Å²) in [4.78, 5) is 11.6. The van der Waals surface area contributed by atoms with Gasteiger partial charge in [0.25, 0.3) is 0 Å². The van der Waals surface area contributed by atoms with E-state index in [0.717, 1.165) is 0 Å². The van der Waals surface area contributed by atoms with Crippen molar-refractivity contribution in [2.75, 3.05) is 23.0 Å². The van der Waals surface area contributed by atoms with Crippen molar-refractivity contribution in [3.63, 3.8) is 0 Å². The van der Waals surface area contributed by atoms with Crippen molar-refractivity contribution >= 4 is 62.2 Å². The molecule has 0 fully saturated rings. The number of ketones is 1. The van der Waals surface area contributed by atoms with E-state index in [1.54, 1.807) is 0 Å². The highest BCUT2D eigenvalue weighted by atomic mass is 32.2. The van der Waals surface area contributed by atoms with E-state index in [1.807, 2.05) is 0 Å². The standard InChI is InChI=1S/C7H8N6OS4/c8-4-10-12-6(17-4)15-1-3(14)2-16-7-13-11-5(9)18-7/h1-2H2,(H2,8,10)(H2,9,11). The van der Waals surface area contributed by atoms with E-state index in [-0.39, 0.29) is 5.78 Å². The van der Waals surface area contributed by atoms with Crippen LogP contribution in [-0.2, 0) is 4.79 Å². The zero-order chi connectivity index (χ0) is 13.0. The molecule has 0 spiro atoms. The summed E-state index contributed by atoms with van der Waals surface area (Å²) in [5, 5.41) is 15.8. The van der Waals surface area contributed by atoms with Crippen molar-refractivity contribution in [1.29, 1.82) is 0 Å². The summed E-state index contributed by atoms with van der Waals surface area (Å²) in [6.07, 6.45) is 0. The fourth-order valence-electron chi connectivity index (χ4n) is 0.884. The lowest BCUT2D eigenvalue weighted by Crippen LogP contribution is -2.04. The fraction of sp³-hybridized carbons (Fsp3) is 0.286. The van der Waals surface area contributed by atoms with Crippen molar-refractivity contribution in [2.45, 2.75) is 8.68 Å². The Kier molecular flexibility index (Phi) is 4.74. The van der Waals surface area contributed by atoms with E-state index in [4.69, 9.17) is 11.5 Å². The predicted octanol–water partition coefficient (Wildman–Crippen LogP) is 1.01. The molecule has 0 amide bonds. The molecule has 0 atom stereocenters. The minimum Gasteiger partial charge on any atom is -0.374 e. The van der Waals surface area contributed by atoms with Crippen molar-refractivity contribution in [1.82, 2.24) is 20.4 Å². The zero-order valence-electron chi connectivity index (χ0n) is 8.90. The zero-order valence-corrected chi connectivity index (χ0v) is 12.2. The maximum atomic E-state index is 11.6. The van der Waals surface area contributed by atoms with Gasteiger partial charge in [-0.15, -0.1) is 20.4 Å². The summed E-state index contributed by atoms with van der Waals surface area (Å²) in [5.74, 6) is 0.777. The summed E-state index contributed by atoms with van der Waals surface area (Å²) in [5.41, 5.74) is 10.9. The summed E-state index contributed by atoms with van der Waals surface area (Å²) >= 11 is 5.21. The largest absolute Gasteiger partial charge is 0.374 e. The molecule has 2 rings (SSSR count). The molecule has 0 radical (unpaired) electrons. The average molecular weight is 320 g/mol. The molecule has 2 aromatic heterocycles. The lowest BCUT2D eigenvalue weighted by Gasteiger charge is -1.96. The Balaban J connectivity index is 1.72. The second-order valence-electron chi connectivity index (χ2n) is 2.93. The Morgan fingerprint density at radius 1 is 0.944 bits per heavy atom. The minimum atomic E-state index is 0.0903. The molecule has 11 heteroatoms. The second kappa shape index (κ2) is 6.31. The van der Waals surface area contributed by atoms with Crippen LogP contribution >= 0.6 is 46.2 Å². The van der Waals surface area contributed by atoms with Gasteiger partial charge in [0.15, 0.2) is 14.5 Å². The molecule has 2 heterocycles. The molecule has 0 aliphatic heterocycles. The number of hydrogen-bond donors (Lipinski definition) is 2. The number of nitrogens with two attached hydrogens (primary N) is 2. The first-order chi connectivity index (χ1) is 8.63. The number of Topliss-reactive ketones (excluding diaryl/α,β-unsaturated/α-hetero) is 1. The van der Waals surface area contributed by atoms with E-state index in [0.29, 0.717) is 30.4 Å². The smallest absolute Gasteiger partial charge is 0.203 e. The van der Waals surface area contributed by atoms with Crippen LogP contribution in [0.25, 0.3) is 0 Å². The van der Waals surface area contributed by atoms with Gasteiger partial charge in [-0.3, -0.25) is 4.79 Å². The van der Waals surface area contributed by atoms with Crippen molar-refractivity contribution < 1.29 is 4.79 Å². The lowest BCUT2D eigenvalue weighted by atomic mass is 10.5.